The molecule has 2 rings (SSSR count). The zero-order valence-electron chi connectivity index (χ0n) is 13.8. The number of hydrogen-bond acceptors (Lipinski definition) is 3. The number of hydrogen-bond donors (Lipinski definition) is 1. The van der Waals surface area contributed by atoms with Crippen molar-refractivity contribution in [3.05, 3.63) is 29.8 Å². The van der Waals surface area contributed by atoms with Crippen LogP contribution in [0.25, 0.3) is 0 Å². The largest absolute Gasteiger partial charge is 0.492 e. The van der Waals surface area contributed by atoms with Crippen LogP contribution in [0.2, 0.25) is 0 Å². The Morgan fingerprint density at radius 1 is 1.45 bits per heavy atom. The molecule has 1 aromatic carbocycles. The maximum Gasteiger partial charge on any atom is 0.193 e. The third-order valence-electron chi connectivity index (χ3n) is 3.84. The number of aliphatic imine (C=N–C) groups is 1. The SMILES string of the molecule is CN=C(NCCOc1cccc(C)c1)N1CCC(COC)C1. The van der Waals surface area contributed by atoms with Gasteiger partial charge in [-0.15, -0.1) is 0 Å². The minimum absolute atomic E-state index is 0.604. The summed E-state index contributed by atoms with van der Waals surface area (Å²) in [7, 11) is 3.59. The Bertz CT molecular complexity index is 491. The second kappa shape index (κ2) is 8.63. The van der Waals surface area contributed by atoms with Crippen molar-refractivity contribution >= 4 is 5.96 Å². The summed E-state index contributed by atoms with van der Waals surface area (Å²) in [6, 6.07) is 8.11. The van der Waals surface area contributed by atoms with Crippen LogP contribution < -0.4 is 10.1 Å². The molecule has 1 aliphatic rings. The van der Waals surface area contributed by atoms with Crippen molar-refractivity contribution in [2.45, 2.75) is 13.3 Å². The molecule has 0 spiro atoms. The molecule has 0 amide bonds. The minimum Gasteiger partial charge on any atom is -0.492 e. The summed E-state index contributed by atoms with van der Waals surface area (Å²) in [5, 5.41) is 3.37. The van der Waals surface area contributed by atoms with Crippen LogP contribution in [0.15, 0.2) is 29.3 Å². The lowest BCUT2D eigenvalue weighted by molar-refractivity contribution is 0.157. The predicted octanol–water partition coefficient (Wildman–Crippen LogP) is 1.92. The number of nitrogens with zero attached hydrogens (tertiary/aromatic N) is 2. The molecule has 0 aliphatic carbocycles. The fourth-order valence-electron chi connectivity index (χ4n) is 2.77. The second-order valence-electron chi connectivity index (χ2n) is 5.70. The third kappa shape index (κ3) is 4.91. The van der Waals surface area contributed by atoms with Crippen molar-refractivity contribution in [2.24, 2.45) is 10.9 Å². The quantitative estimate of drug-likeness (QED) is 0.495. The minimum atomic E-state index is 0.604. The normalized spacial score (nSPS) is 18.6. The first-order valence-electron chi connectivity index (χ1n) is 7.87. The van der Waals surface area contributed by atoms with E-state index >= 15 is 0 Å². The Morgan fingerprint density at radius 2 is 2.32 bits per heavy atom. The van der Waals surface area contributed by atoms with Crippen LogP contribution in [0, 0.1) is 12.8 Å². The van der Waals surface area contributed by atoms with Gasteiger partial charge < -0.3 is 19.7 Å². The summed E-state index contributed by atoms with van der Waals surface area (Å²) in [6.45, 7) is 6.29. The summed E-state index contributed by atoms with van der Waals surface area (Å²) in [6.07, 6.45) is 1.16. The fraction of sp³-hybridized carbons (Fsp3) is 0.588. The molecule has 0 saturated carbocycles. The molecular weight excluding hydrogens is 278 g/mol. The maximum atomic E-state index is 5.75. The van der Waals surface area contributed by atoms with Crippen molar-refractivity contribution in [1.29, 1.82) is 0 Å². The van der Waals surface area contributed by atoms with Crippen molar-refractivity contribution in [1.82, 2.24) is 10.2 Å². The van der Waals surface area contributed by atoms with Gasteiger partial charge in [0.15, 0.2) is 5.96 Å². The van der Waals surface area contributed by atoms with Gasteiger partial charge in [0.25, 0.3) is 0 Å². The average Bonchev–Trinajstić information content (AvgIpc) is 2.96. The highest BCUT2D eigenvalue weighted by molar-refractivity contribution is 5.80. The average molecular weight is 305 g/mol. The van der Waals surface area contributed by atoms with Gasteiger partial charge in [0.2, 0.25) is 0 Å². The van der Waals surface area contributed by atoms with E-state index in [9.17, 15) is 0 Å². The van der Waals surface area contributed by atoms with Gasteiger partial charge in [-0.1, -0.05) is 12.1 Å². The van der Waals surface area contributed by atoms with E-state index in [1.165, 1.54) is 5.56 Å². The zero-order chi connectivity index (χ0) is 15.8. The first-order chi connectivity index (χ1) is 10.7. The van der Waals surface area contributed by atoms with E-state index in [1.807, 2.05) is 25.2 Å². The van der Waals surface area contributed by atoms with Crippen LogP contribution in [0.4, 0.5) is 0 Å². The van der Waals surface area contributed by atoms with Crippen LogP contribution in [-0.4, -0.2) is 57.9 Å². The van der Waals surface area contributed by atoms with Crippen LogP contribution in [0.3, 0.4) is 0 Å². The number of rotatable bonds is 6. The molecule has 1 fully saturated rings. The van der Waals surface area contributed by atoms with Crippen LogP contribution in [-0.2, 0) is 4.74 Å². The number of guanidine groups is 1. The summed E-state index contributed by atoms with van der Waals surface area (Å²) >= 11 is 0. The first-order valence-corrected chi connectivity index (χ1v) is 7.87. The van der Waals surface area contributed by atoms with Gasteiger partial charge in [0.05, 0.1) is 13.2 Å². The molecule has 1 atom stereocenters. The van der Waals surface area contributed by atoms with E-state index in [-0.39, 0.29) is 0 Å². The van der Waals surface area contributed by atoms with Crippen molar-refractivity contribution in [2.75, 3.05) is 47.0 Å². The lowest BCUT2D eigenvalue weighted by atomic mass is 10.1. The molecule has 22 heavy (non-hydrogen) atoms. The summed E-state index contributed by atoms with van der Waals surface area (Å²) < 4.78 is 11.0. The molecule has 1 saturated heterocycles. The lowest BCUT2D eigenvalue weighted by Crippen LogP contribution is -2.41. The molecule has 122 valence electrons. The van der Waals surface area contributed by atoms with E-state index in [0.29, 0.717) is 12.5 Å². The zero-order valence-corrected chi connectivity index (χ0v) is 13.8. The van der Waals surface area contributed by atoms with E-state index in [1.54, 1.807) is 7.11 Å². The summed E-state index contributed by atoms with van der Waals surface area (Å²) in [5.41, 5.74) is 1.21. The molecule has 1 N–H and O–H groups in total. The number of ether oxygens (including phenoxy) is 2. The molecular formula is C17H27N3O2. The fourth-order valence-corrected chi connectivity index (χ4v) is 2.77. The lowest BCUT2D eigenvalue weighted by Gasteiger charge is -2.21. The van der Waals surface area contributed by atoms with Gasteiger partial charge >= 0.3 is 0 Å². The van der Waals surface area contributed by atoms with E-state index in [0.717, 1.165) is 44.4 Å². The molecule has 0 radical (unpaired) electrons. The molecule has 0 bridgehead atoms. The molecule has 5 heteroatoms. The Kier molecular flexibility index (Phi) is 6.52. The molecule has 1 heterocycles. The number of benzene rings is 1. The topological polar surface area (TPSA) is 46.1 Å². The smallest absolute Gasteiger partial charge is 0.193 e. The molecule has 5 nitrogen and oxygen atoms in total. The molecule has 1 aliphatic heterocycles. The van der Waals surface area contributed by atoms with Gasteiger partial charge in [-0.05, 0) is 31.0 Å². The van der Waals surface area contributed by atoms with Crippen LogP contribution in [0.1, 0.15) is 12.0 Å². The van der Waals surface area contributed by atoms with Gasteiger partial charge in [0.1, 0.15) is 12.4 Å². The number of nitrogens with one attached hydrogen (secondary N) is 1. The molecule has 0 aromatic heterocycles. The maximum absolute atomic E-state index is 5.75. The number of aryl methyl sites for hydroxylation is 1. The Labute approximate surface area is 133 Å². The molecule has 1 aromatic rings. The summed E-state index contributed by atoms with van der Waals surface area (Å²) in [5.74, 6) is 2.47. The standard InChI is InChI=1S/C17H27N3O2/c1-14-5-4-6-16(11-14)22-10-8-19-17(18-2)20-9-7-15(12-20)13-21-3/h4-6,11,15H,7-10,12-13H2,1-3H3,(H,18,19). The molecule has 1 unspecified atom stereocenters. The van der Waals surface area contributed by atoms with Crippen LogP contribution in [0.5, 0.6) is 5.75 Å². The van der Waals surface area contributed by atoms with Crippen molar-refractivity contribution < 1.29 is 9.47 Å². The van der Waals surface area contributed by atoms with Crippen molar-refractivity contribution in [3.8, 4) is 5.75 Å². The highest BCUT2D eigenvalue weighted by Gasteiger charge is 2.24. The number of likely N-dealkylation sites (tertiary alicyclic amines) is 1. The van der Waals surface area contributed by atoms with Gasteiger partial charge in [-0.2, -0.15) is 0 Å². The van der Waals surface area contributed by atoms with E-state index < -0.39 is 0 Å². The number of methoxy groups -OCH3 is 1. The highest BCUT2D eigenvalue weighted by atomic mass is 16.5. The third-order valence-corrected chi connectivity index (χ3v) is 3.84. The first kappa shape index (κ1) is 16.6. The Morgan fingerprint density at radius 3 is 3.05 bits per heavy atom. The van der Waals surface area contributed by atoms with Crippen molar-refractivity contribution in [3.63, 3.8) is 0 Å². The second-order valence-corrected chi connectivity index (χ2v) is 5.70. The Hall–Kier alpha value is -1.75. The van der Waals surface area contributed by atoms with Gasteiger partial charge in [-0.25, -0.2) is 0 Å². The Balaban J connectivity index is 1.71. The monoisotopic (exact) mass is 305 g/mol. The predicted molar refractivity (Wildman–Crippen MR) is 89.6 cm³/mol. The van der Waals surface area contributed by atoms with E-state index in [2.05, 4.69) is 28.2 Å². The summed E-state index contributed by atoms with van der Waals surface area (Å²) in [4.78, 5) is 6.65. The van der Waals surface area contributed by atoms with Crippen LogP contribution >= 0.6 is 0 Å². The highest BCUT2D eigenvalue weighted by Crippen LogP contribution is 2.16. The van der Waals surface area contributed by atoms with Gasteiger partial charge in [-0.3, -0.25) is 4.99 Å². The van der Waals surface area contributed by atoms with E-state index in [4.69, 9.17) is 9.47 Å². The van der Waals surface area contributed by atoms with Gasteiger partial charge in [0, 0.05) is 33.2 Å².